The molecule has 0 saturated heterocycles. The molecule has 1 aromatic carbocycles. The molecular weight excluding hydrogens is 365 g/mol. The molecule has 104 valence electrons. The Kier molecular flexibility index (Phi) is 3.54. The predicted molar refractivity (Wildman–Crippen MR) is 85.5 cm³/mol. The third-order valence-electron chi connectivity index (χ3n) is 3.84. The second kappa shape index (κ2) is 5.20. The lowest BCUT2D eigenvalue weighted by Crippen LogP contribution is -2.37. The van der Waals surface area contributed by atoms with Crippen LogP contribution < -0.4 is 0 Å². The van der Waals surface area contributed by atoms with Gasteiger partial charge in [-0.15, -0.1) is 0 Å². The Morgan fingerprint density at radius 2 is 2.10 bits per heavy atom. The molecule has 2 heterocycles. The number of hydrogen-bond donors (Lipinski definition) is 0. The summed E-state index contributed by atoms with van der Waals surface area (Å²) in [6.07, 6.45) is 0.893. The highest BCUT2D eigenvalue weighted by Gasteiger charge is 2.26. The third kappa shape index (κ3) is 2.24. The van der Waals surface area contributed by atoms with Gasteiger partial charge < -0.3 is 4.90 Å². The van der Waals surface area contributed by atoms with Crippen LogP contribution in [-0.4, -0.2) is 27.1 Å². The maximum Gasteiger partial charge on any atom is 0.255 e. The molecule has 20 heavy (non-hydrogen) atoms. The van der Waals surface area contributed by atoms with Crippen LogP contribution in [0.25, 0.3) is 0 Å². The van der Waals surface area contributed by atoms with Gasteiger partial charge in [0.1, 0.15) is 0 Å². The lowest BCUT2D eigenvalue weighted by atomic mass is 10.0. The third-order valence-corrected chi connectivity index (χ3v) is 4.78. The number of rotatable bonds is 1. The summed E-state index contributed by atoms with van der Waals surface area (Å²) in [7, 11) is 1.95. The standard InChI is InChI=1S/C15H16IN3O/c1-10-11-7-8-19(9-14(11)18(2)17-10)15(20)12-5-3-4-6-13(12)16/h3-6H,7-9H2,1-2H3. The average Bonchev–Trinajstić information content (AvgIpc) is 2.73. The van der Waals surface area contributed by atoms with Crippen LogP contribution in [0.4, 0.5) is 0 Å². The molecule has 1 amide bonds. The number of benzene rings is 1. The maximum atomic E-state index is 12.6. The zero-order valence-corrected chi connectivity index (χ0v) is 13.7. The van der Waals surface area contributed by atoms with Gasteiger partial charge in [-0.25, -0.2) is 0 Å². The lowest BCUT2D eigenvalue weighted by molar-refractivity contribution is 0.0729. The van der Waals surface area contributed by atoms with Crippen molar-refractivity contribution in [2.24, 2.45) is 7.05 Å². The SMILES string of the molecule is Cc1nn(C)c2c1CCN(C(=O)c1ccccc1I)C2. The van der Waals surface area contributed by atoms with Crippen LogP contribution in [0.1, 0.15) is 27.3 Å². The lowest BCUT2D eigenvalue weighted by Gasteiger charge is -2.28. The highest BCUT2D eigenvalue weighted by Crippen LogP contribution is 2.23. The van der Waals surface area contributed by atoms with Crippen LogP contribution in [0.5, 0.6) is 0 Å². The Morgan fingerprint density at radius 1 is 1.35 bits per heavy atom. The molecule has 0 aliphatic carbocycles. The van der Waals surface area contributed by atoms with Gasteiger partial charge in [-0.2, -0.15) is 5.10 Å². The topological polar surface area (TPSA) is 38.1 Å². The maximum absolute atomic E-state index is 12.6. The van der Waals surface area contributed by atoms with Crippen molar-refractivity contribution in [2.45, 2.75) is 19.9 Å². The fraction of sp³-hybridized carbons (Fsp3) is 0.333. The molecule has 0 fully saturated rings. The summed E-state index contributed by atoms with van der Waals surface area (Å²) in [5.41, 5.74) is 4.34. The Labute approximate surface area is 131 Å². The molecule has 0 saturated carbocycles. The molecule has 1 aliphatic heterocycles. The number of carbonyl (C=O) groups is 1. The van der Waals surface area contributed by atoms with Gasteiger partial charge in [0.25, 0.3) is 5.91 Å². The highest BCUT2D eigenvalue weighted by atomic mass is 127. The zero-order chi connectivity index (χ0) is 14.3. The second-order valence-electron chi connectivity index (χ2n) is 5.09. The van der Waals surface area contributed by atoms with Gasteiger partial charge in [-0.1, -0.05) is 12.1 Å². The van der Waals surface area contributed by atoms with Crippen LogP contribution in [0.3, 0.4) is 0 Å². The van der Waals surface area contributed by atoms with E-state index in [0.29, 0.717) is 6.54 Å². The average molecular weight is 381 g/mol. The molecule has 4 nitrogen and oxygen atoms in total. The molecule has 0 atom stereocenters. The minimum absolute atomic E-state index is 0.111. The van der Waals surface area contributed by atoms with Gasteiger partial charge in [0.15, 0.2) is 0 Å². The molecule has 1 aromatic heterocycles. The number of fused-ring (bicyclic) bond motifs is 1. The van der Waals surface area contributed by atoms with E-state index in [1.165, 1.54) is 5.56 Å². The van der Waals surface area contributed by atoms with Crippen LogP contribution >= 0.6 is 22.6 Å². The fourth-order valence-electron chi connectivity index (χ4n) is 2.76. The molecule has 3 rings (SSSR count). The first kappa shape index (κ1) is 13.6. The van der Waals surface area contributed by atoms with Crippen molar-refractivity contribution in [1.29, 1.82) is 0 Å². The molecule has 0 spiro atoms. The van der Waals surface area contributed by atoms with Crippen molar-refractivity contribution in [3.8, 4) is 0 Å². The quantitative estimate of drug-likeness (QED) is 0.713. The first-order chi connectivity index (χ1) is 9.58. The first-order valence-corrected chi connectivity index (χ1v) is 7.71. The minimum Gasteiger partial charge on any atom is -0.332 e. The summed E-state index contributed by atoms with van der Waals surface area (Å²) in [4.78, 5) is 14.6. The largest absolute Gasteiger partial charge is 0.332 e. The molecule has 0 N–H and O–H groups in total. The summed E-state index contributed by atoms with van der Waals surface area (Å²) in [5.74, 6) is 0.111. The van der Waals surface area contributed by atoms with E-state index in [0.717, 1.165) is 33.5 Å². The number of carbonyl (C=O) groups excluding carboxylic acids is 1. The van der Waals surface area contributed by atoms with Gasteiger partial charge in [-0.05, 0) is 53.6 Å². The smallest absolute Gasteiger partial charge is 0.255 e. The van der Waals surface area contributed by atoms with Crippen molar-refractivity contribution in [3.63, 3.8) is 0 Å². The summed E-state index contributed by atoms with van der Waals surface area (Å²) in [6.45, 7) is 3.45. The van der Waals surface area contributed by atoms with Gasteiger partial charge in [0, 0.05) is 17.2 Å². The molecule has 0 bridgehead atoms. The molecule has 5 heteroatoms. The summed E-state index contributed by atoms with van der Waals surface area (Å²) >= 11 is 2.22. The minimum atomic E-state index is 0.111. The molecule has 0 radical (unpaired) electrons. The van der Waals surface area contributed by atoms with E-state index in [4.69, 9.17) is 0 Å². The zero-order valence-electron chi connectivity index (χ0n) is 11.6. The summed E-state index contributed by atoms with van der Waals surface area (Å²) in [6, 6.07) is 7.74. The molecule has 2 aromatic rings. The van der Waals surface area contributed by atoms with E-state index in [-0.39, 0.29) is 5.91 Å². The number of hydrogen-bond acceptors (Lipinski definition) is 2. The van der Waals surface area contributed by atoms with Crippen molar-refractivity contribution in [3.05, 3.63) is 50.4 Å². The van der Waals surface area contributed by atoms with E-state index in [2.05, 4.69) is 27.7 Å². The Balaban J connectivity index is 1.89. The van der Waals surface area contributed by atoms with E-state index in [1.54, 1.807) is 0 Å². The van der Waals surface area contributed by atoms with Gasteiger partial charge in [0.2, 0.25) is 0 Å². The van der Waals surface area contributed by atoms with Crippen molar-refractivity contribution < 1.29 is 4.79 Å². The second-order valence-corrected chi connectivity index (χ2v) is 6.25. The number of amides is 1. The van der Waals surface area contributed by atoms with E-state index in [1.807, 2.05) is 47.8 Å². The predicted octanol–water partition coefficient (Wildman–Crippen LogP) is 2.53. The fourth-order valence-corrected chi connectivity index (χ4v) is 3.38. The normalized spacial score (nSPS) is 14.2. The van der Waals surface area contributed by atoms with Crippen LogP contribution in [0, 0.1) is 10.5 Å². The van der Waals surface area contributed by atoms with Crippen LogP contribution in [0.2, 0.25) is 0 Å². The summed E-state index contributed by atoms with van der Waals surface area (Å²) < 4.78 is 2.90. The Bertz CT molecular complexity index is 678. The molecular formula is C15H16IN3O. The first-order valence-electron chi connectivity index (χ1n) is 6.63. The van der Waals surface area contributed by atoms with E-state index in [9.17, 15) is 4.79 Å². The van der Waals surface area contributed by atoms with E-state index >= 15 is 0 Å². The monoisotopic (exact) mass is 381 g/mol. The molecule has 1 aliphatic rings. The molecule has 0 unspecified atom stereocenters. The highest BCUT2D eigenvalue weighted by molar-refractivity contribution is 14.1. The number of aryl methyl sites for hydroxylation is 2. The van der Waals surface area contributed by atoms with Crippen molar-refractivity contribution >= 4 is 28.5 Å². The Morgan fingerprint density at radius 3 is 2.85 bits per heavy atom. The van der Waals surface area contributed by atoms with Crippen LogP contribution in [-0.2, 0) is 20.0 Å². The van der Waals surface area contributed by atoms with Gasteiger partial charge in [0.05, 0.1) is 23.5 Å². The van der Waals surface area contributed by atoms with Crippen LogP contribution in [0.15, 0.2) is 24.3 Å². The number of aromatic nitrogens is 2. The summed E-state index contributed by atoms with van der Waals surface area (Å²) in [5, 5.41) is 4.45. The number of halogens is 1. The van der Waals surface area contributed by atoms with Gasteiger partial charge >= 0.3 is 0 Å². The van der Waals surface area contributed by atoms with E-state index < -0.39 is 0 Å². The van der Waals surface area contributed by atoms with Gasteiger partial charge in [-0.3, -0.25) is 9.48 Å². The number of nitrogens with zero attached hydrogens (tertiary/aromatic N) is 3. The van der Waals surface area contributed by atoms with Crippen molar-refractivity contribution in [1.82, 2.24) is 14.7 Å². The Hall–Kier alpha value is -1.37. The van der Waals surface area contributed by atoms with Crippen molar-refractivity contribution in [2.75, 3.05) is 6.54 Å².